The number of halogens is 2. The van der Waals surface area contributed by atoms with E-state index in [9.17, 15) is 10.1 Å². The number of allylic oxidation sites excluding steroid dienone is 1. The number of hydrogen-bond donors (Lipinski definition) is 0. The number of nitrogens with zero attached hydrogens (tertiary/aromatic N) is 1. The zero-order valence-electron chi connectivity index (χ0n) is 9.61. The molecule has 0 atom stereocenters. The molecule has 0 saturated carbocycles. The van der Waals surface area contributed by atoms with Gasteiger partial charge >= 0.3 is 0 Å². The highest BCUT2D eigenvalue weighted by atomic mass is 35.5. The van der Waals surface area contributed by atoms with Crippen molar-refractivity contribution in [2.24, 2.45) is 5.92 Å². The summed E-state index contributed by atoms with van der Waals surface area (Å²) in [6.07, 6.45) is 1.86. The van der Waals surface area contributed by atoms with Crippen LogP contribution in [0, 0.1) is 16.0 Å². The number of nitro benzene ring substituents is 1. The lowest BCUT2D eigenvalue weighted by molar-refractivity contribution is -0.384. The summed E-state index contributed by atoms with van der Waals surface area (Å²) in [6.45, 7) is 4.05. The van der Waals surface area contributed by atoms with Gasteiger partial charge in [0, 0.05) is 11.9 Å². The minimum atomic E-state index is -0.491. The molecule has 0 aliphatic rings. The Hall–Kier alpha value is -1.06. The molecule has 0 spiro atoms. The van der Waals surface area contributed by atoms with Crippen LogP contribution >= 0.6 is 23.2 Å². The Morgan fingerprint density at radius 2 is 2.18 bits per heavy atom. The Kier molecular flexibility index (Phi) is 4.97. The van der Waals surface area contributed by atoms with Gasteiger partial charge in [0.25, 0.3) is 5.69 Å². The van der Waals surface area contributed by atoms with Gasteiger partial charge in [-0.2, -0.15) is 0 Å². The molecule has 92 valence electrons. The lowest BCUT2D eigenvalue weighted by atomic mass is 10.0. The Labute approximate surface area is 110 Å². The molecule has 0 N–H and O–H groups in total. The normalized spacial score (nSPS) is 11.9. The molecular formula is C12H13Cl2NO2. The van der Waals surface area contributed by atoms with Crippen LogP contribution in [0.4, 0.5) is 5.69 Å². The van der Waals surface area contributed by atoms with Crippen molar-refractivity contribution in [1.29, 1.82) is 0 Å². The van der Waals surface area contributed by atoms with Gasteiger partial charge < -0.3 is 0 Å². The van der Waals surface area contributed by atoms with E-state index in [4.69, 9.17) is 23.2 Å². The summed E-state index contributed by atoms with van der Waals surface area (Å²) in [4.78, 5) is 10.2. The highest BCUT2D eigenvalue weighted by Crippen LogP contribution is 2.27. The molecule has 0 fully saturated rings. The van der Waals surface area contributed by atoms with Crippen molar-refractivity contribution in [2.45, 2.75) is 13.8 Å². The highest BCUT2D eigenvalue weighted by molar-refractivity contribution is 6.32. The zero-order chi connectivity index (χ0) is 13.0. The van der Waals surface area contributed by atoms with Crippen molar-refractivity contribution < 1.29 is 4.92 Å². The maximum atomic E-state index is 10.7. The molecule has 5 heteroatoms. The van der Waals surface area contributed by atoms with Crippen LogP contribution < -0.4 is 0 Å². The van der Waals surface area contributed by atoms with Crippen molar-refractivity contribution in [1.82, 2.24) is 0 Å². The molecule has 0 saturated heterocycles. The molecular weight excluding hydrogens is 261 g/mol. The largest absolute Gasteiger partial charge is 0.288 e. The second kappa shape index (κ2) is 6.03. The Morgan fingerprint density at radius 3 is 2.65 bits per heavy atom. The van der Waals surface area contributed by atoms with E-state index in [1.807, 2.05) is 19.9 Å². The number of benzene rings is 1. The van der Waals surface area contributed by atoms with Gasteiger partial charge in [-0.15, -0.1) is 11.6 Å². The Bertz CT molecular complexity index is 456. The molecule has 0 aromatic heterocycles. The lowest BCUT2D eigenvalue weighted by Gasteiger charge is -2.07. The zero-order valence-corrected chi connectivity index (χ0v) is 11.1. The van der Waals surface area contributed by atoms with Crippen LogP contribution in [0.1, 0.15) is 19.4 Å². The molecule has 0 aliphatic carbocycles. The number of nitro groups is 1. The van der Waals surface area contributed by atoms with Crippen LogP contribution in [0.3, 0.4) is 0 Å². The molecule has 0 unspecified atom stereocenters. The van der Waals surface area contributed by atoms with E-state index in [0.29, 0.717) is 11.8 Å². The fourth-order valence-electron chi connectivity index (χ4n) is 1.33. The van der Waals surface area contributed by atoms with Crippen molar-refractivity contribution in [2.75, 3.05) is 5.88 Å². The summed E-state index contributed by atoms with van der Waals surface area (Å²) < 4.78 is 0. The van der Waals surface area contributed by atoms with Gasteiger partial charge in [-0.05, 0) is 17.5 Å². The highest BCUT2D eigenvalue weighted by Gasteiger charge is 2.12. The smallest absolute Gasteiger partial charge is 0.258 e. The molecule has 17 heavy (non-hydrogen) atoms. The summed E-state index contributed by atoms with van der Waals surface area (Å²) in [7, 11) is 0. The fraction of sp³-hybridized carbons (Fsp3) is 0.333. The topological polar surface area (TPSA) is 43.1 Å². The van der Waals surface area contributed by atoms with Gasteiger partial charge in [0.15, 0.2) is 0 Å². The average molecular weight is 274 g/mol. The van der Waals surface area contributed by atoms with Crippen molar-refractivity contribution >= 4 is 35.0 Å². The molecule has 0 bridgehead atoms. The molecule has 3 nitrogen and oxygen atoms in total. The molecule has 1 aromatic rings. The lowest BCUT2D eigenvalue weighted by Crippen LogP contribution is -1.96. The van der Waals surface area contributed by atoms with Crippen LogP contribution in [-0.2, 0) is 0 Å². The van der Waals surface area contributed by atoms with Gasteiger partial charge in [0.05, 0.1) is 4.92 Å². The summed E-state index contributed by atoms with van der Waals surface area (Å²) >= 11 is 11.6. The third-order valence-electron chi connectivity index (χ3n) is 2.41. The number of rotatable bonds is 4. The molecule has 1 rings (SSSR count). The minimum absolute atomic E-state index is 0.0851. The van der Waals surface area contributed by atoms with Crippen LogP contribution in [-0.4, -0.2) is 10.8 Å². The first kappa shape index (κ1) is 14.0. The van der Waals surface area contributed by atoms with Gasteiger partial charge in [-0.1, -0.05) is 43.2 Å². The SMILES string of the molecule is CC(C)C(=Cc1ccc(Cl)c([N+](=O)[O-])c1)CCl. The second-order valence-corrected chi connectivity index (χ2v) is 4.65. The molecule has 0 aliphatic heterocycles. The van der Waals surface area contributed by atoms with E-state index in [2.05, 4.69) is 0 Å². The Balaban J connectivity index is 3.16. The van der Waals surface area contributed by atoms with E-state index in [0.717, 1.165) is 11.1 Å². The van der Waals surface area contributed by atoms with Crippen molar-refractivity contribution in [3.8, 4) is 0 Å². The van der Waals surface area contributed by atoms with Crippen molar-refractivity contribution in [3.63, 3.8) is 0 Å². The third kappa shape index (κ3) is 3.72. The Morgan fingerprint density at radius 1 is 1.53 bits per heavy atom. The van der Waals surface area contributed by atoms with Crippen LogP contribution in [0.15, 0.2) is 23.8 Å². The molecule has 1 aromatic carbocycles. The first-order chi connectivity index (χ1) is 7.95. The maximum absolute atomic E-state index is 10.7. The van der Waals surface area contributed by atoms with E-state index >= 15 is 0 Å². The summed E-state index contributed by atoms with van der Waals surface area (Å²) in [6, 6.07) is 4.72. The predicted molar refractivity (Wildman–Crippen MR) is 71.6 cm³/mol. The number of alkyl halides is 1. The van der Waals surface area contributed by atoms with Gasteiger partial charge in [-0.25, -0.2) is 0 Å². The summed E-state index contributed by atoms with van der Waals surface area (Å²) in [5.74, 6) is 0.718. The quantitative estimate of drug-likeness (QED) is 0.460. The van der Waals surface area contributed by atoms with Gasteiger partial charge in [0.2, 0.25) is 0 Å². The summed E-state index contributed by atoms with van der Waals surface area (Å²) in [5, 5.41) is 10.9. The predicted octanol–water partition coefficient (Wildman–Crippen LogP) is 4.53. The molecule has 0 radical (unpaired) electrons. The summed E-state index contributed by atoms with van der Waals surface area (Å²) in [5.41, 5.74) is 1.69. The molecule has 0 heterocycles. The van der Waals surface area contributed by atoms with Crippen LogP contribution in [0.2, 0.25) is 5.02 Å². The van der Waals surface area contributed by atoms with Crippen LogP contribution in [0.25, 0.3) is 6.08 Å². The standard InChI is InChI=1S/C12H13Cl2NO2/c1-8(2)10(7-13)5-9-3-4-11(14)12(6-9)15(16)17/h3-6,8H,7H2,1-2H3. The monoisotopic (exact) mass is 273 g/mol. The van der Waals surface area contributed by atoms with E-state index < -0.39 is 4.92 Å². The van der Waals surface area contributed by atoms with Gasteiger partial charge in [-0.3, -0.25) is 10.1 Å². The first-order valence-electron chi connectivity index (χ1n) is 5.16. The second-order valence-electron chi connectivity index (χ2n) is 3.98. The fourth-order valence-corrected chi connectivity index (χ4v) is 1.91. The minimum Gasteiger partial charge on any atom is -0.258 e. The number of hydrogen-bond acceptors (Lipinski definition) is 2. The van der Waals surface area contributed by atoms with E-state index in [-0.39, 0.29) is 10.7 Å². The maximum Gasteiger partial charge on any atom is 0.288 e. The van der Waals surface area contributed by atoms with E-state index in [1.54, 1.807) is 6.07 Å². The molecule has 0 amide bonds. The first-order valence-corrected chi connectivity index (χ1v) is 6.07. The van der Waals surface area contributed by atoms with Gasteiger partial charge in [0.1, 0.15) is 5.02 Å². The van der Waals surface area contributed by atoms with Crippen LogP contribution in [0.5, 0.6) is 0 Å². The third-order valence-corrected chi connectivity index (χ3v) is 3.04. The average Bonchev–Trinajstić information content (AvgIpc) is 2.27. The van der Waals surface area contributed by atoms with E-state index in [1.165, 1.54) is 12.1 Å². The van der Waals surface area contributed by atoms with Crippen molar-refractivity contribution in [3.05, 3.63) is 44.5 Å².